The molecule has 17 heavy (non-hydrogen) atoms. The molecule has 0 saturated heterocycles. The van der Waals surface area contributed by atoms with Gasteiger partial charge in [0, 0.05) is 6.07 Å². The molecule has 1 aromatic heterocycles. The lowest BCUT2D eigenvalue weighted by Crippen LogP contribution is -2.24. The summed E-state index contributed by atoms with van der Waals surface area (Å²) in [6.07, 6.45) is -10.1. The molecular formula is C7H2F6INO2. The van der Waals surface area contributed by atoms with Gasteiger partial charge in [-0.25, -0.2) is 0 Å². The Labute approximate surface area is 103 Å². The van der Waals surface area contributed by atoms with Crippen molar-refractivity contribution in [3.8, 4) is 5.75 Å². The van der Waals surface area contributed by atoms with E-state index in [4.69, 9.17) is 0 Å². The molecule has 0 fully saturated rings. The lowest BCUT2D eigenvalue weighted by atomic mass is 10.2. The van der Waals surface area contributed by atoms with E-state index in [-0.39, 0.29) is 6.07 Å². The zero-order valence-electron chi connectivity index (χ0n) is 7.54. The van der Waals surface area contributed by atoms with Gasteiger partial charge in [-0.15, -0.1) is 13.2 Å². The first-order valence-corrected chi connectivity index (χ1v) is 4.84. The lowest BCUT2D eigenvalue weighted by molar-refractivity contribution is -0.275. The van der Waals surface area contributed by atoms with Crippen LogP contribution in [0, 0.1) is 3.70 Å². The maximum Gasteiger partial charge on any atom is 0.573 e. The highest BCUT2D eigenvalue weighted by atomic mass is 127. The second kappa shape index (κ2) is 4.38. The molecule has 3 nitrogen and oxygen atoms in total. The van der Waals surface area contributed by atoms with E-state index in [9.17, 15) is 31.1 Å². The molecule has 10 heteroatoms. The van der Waals surface area contributed by atoms with Crippen molar-refractivity contribution in [2.75, 3.05) is 0 Å². The standard InChI is InChI=1S/C7H2F6INO2/c8-6(9,10)2-1-3(17-7(11,12)13)5(16)15-4(2)14/h1H,(H,15,16). The minimum atomic E-state index is -5.23. The summed E-state index contributed by atoms with van der Waals surface area (Å²) in [4.78, 5) is 12.6. The Morgan fingerprint density at radius 3 is 2.12 bits per heavy atom. The van der Waals surface area contributed by atoms with Crippen LogP contribution in [0.1, 0.15) is 5.56 Å². The molecular weight excluding hydrogens is 371 g/mol. The minimum absolute atomic E-state index is 0.00803. The molecule has 0 aliphatic heterocycles. The Morgan fingerprint density at radius 2 is 1.71 bits per heavy atom. The van der Waals surface area contributed by atoms with Crippen LogP contribution in [-0.2, 0) is 6.18 Å². The Balaban J connectivity index is 3.30. The maximum atomic E-state index is 12.3. The van der Waals surface area contributed by atoms with Crippen LogP contribution in [-0.4, -0.2) is 11.3 Å². The fourth-order valence-corrected chi connectivity index (χ4v) is 1.60. The van der Waals surface area contributed by atoms with Crippen molar-refractivity contribution in [1.29, 1.82) is 0 Å². The van der Waals surface area contributed by atoms with Gasteiger partial charge >= 0.3 is 12.5 Å². The van der Waals surface area contributed by atoms with Crippen molar-refractivity contribution in [2.24, 2.45) is 0 Å². The van der Waals surface area contributed by atoms with Crippen molar-refractivity contribution in [1.82, 2.24) is 4.98 Å². The topological polar surface area (TPSA) is 42.1 Å². The first-order chi connectivity index (χ1) is 7.50. The summed E-state index contributed by atoms with van der Waals surface area (Å²) in [5.41, 5.74) is -2.79. The van der Waals surface area contributed by atoms with E-state index in [0.717, 1.165) is 22.6 Å². The number of rotatable bonds is 1. The third-order valence-corrected chi connectivity index (χ3v) is 2.34. The third kappa shape index (κ3) is 3.78. The van der Waals surface area contributed by atoms with E-state index < -0.39 is 33.1 Å². The van der Waals surface area contributed by atoms with Gasteiger partial charge in [-0.1, -0.05) is 0 Å². The number of ether oxygens (including phenoxy) is 1. The Bertz CT molecular complexity index is 477. The number of aromatic amines is 1. The van der Waals surface area contributed by atoms with Crippen molar-refractivity contribution in [3.63, 3.8) is 0 Å². The molecule has 1 rings (SSSR count). The van der Waals surface area contributed by atoms with Crippen molar-refractivity contribution < 1.29 is 31.1 Å². The SMILES string of the molecule is O=c1[nH]c(I)c(C(F)(F)F)cc1OC(F)(F)F. The minimum Gasteiger partial charge on any atom is -0.400 e. The molecule has 0 atom stereocenters. The zero-order chi connectivity index (χ0) is 13.4. The molecule has 0 aliphatic carbocycles. The maximum absolute atomic E-state index is 12.3. The number of halogens is 7. The molecule has 0 aromatic carbocycles. The van der Waals surface area contributed by atoms with Gasteiger partial charge in [0.2, 0.25) is 0 Å². The van der Waals surface area contributed by atoms with Crippen LogP contribution in [0.2, 0.25) is 0 Å². The number of H-pyrrole nitrogens is 1. The average Bonchev–Trinajstić information content (AvgIpc) is 2.05. The first-order valence-electron chi connectivity index (χ1n) is 3.76. The number of hydrogen-bond donors (Lipinski definition) is 1. The molecule has 0 aliphatic rings. The predicted molar refractivity (Wildman–Crippen MR) is 51.5 cm³/mol. The molecule has 1 aromatic rings. The van der Waals surface area contributed by atoms with E-state index in [1.54, 1.807) is 4.98 Å². The van der Waals surface area contributed by atoms with E-state index in [1.165, 1.54) is 0 Å². The highest BCUT2D eigenvalue weighted by molar-refractivity contribution is 14.1. The fourth-order valence-electron chi connectivity index (χ4n) is 0.895. The number of aromatic nitrogens is 1. The molecule has 0 amide bonds. The first kappa shape index (κ1) is 14.1. The van der Waals surface area contributed by atoms with Crippen LogP contribution in [0.5, 0.6) is 5.75 Å². The van der Waals surface area contributed by atoms with Crippen LogP contribution in [0.4, 0.5) is 26.3 Å². The van der Waals surface area contributed by atoms with Crippen molar-refractivity contribution in [3.05, 3.63) is 25.7 Å². The third-order valence-electron chi connectivity index (χ3n) is 1.49. The second-order valence-corrected chi connectivity index (χ2v) is 3.81. The van der Waals surface area contributed by atoms with E-state index in [0.29, 0.717) is 0 Å². The zero-order valence-corrected chi connectivity index (χ0v) is 9.70. The van der Waals surface area contributed by atoms with Crippen molar-refractivity contribution in [2.45, 2.75) is 12.5 Å². The second-order valence-electron chi connectivity index (χ2n) is 2.74. The Hall–Kier alpha value is -0.940. The van der Waals surface area contributed by atoms with E-state index in [1.807, 2.05) is 0 Å². The summed E-state index contributed by atoms with van der Waals surface area (Å²) < 4.78 is 74.9. The molecule has 1 N–H and O–H groups in total. The number of hydrogen-bond acceptors (Lipinski definition) is 2. The van der Waals surface area contributed by atoms with Gasteiger partial charge in [0.25, 0.3) is 5.56 Å². The van der Waals surface area contributed by atoms with Crippen LogP contribution < -0.4 is 10.3 Å². The number of pyridine rings is 1. The van der Waals surface area contributed by atoms with Crippen LogP contribution >= 0.6 is 22.6 Å². The van der Waals surface area contributed by atoms with E-state index in [2.05, 4.69) is 4.74 Å². The average molecular weight is 373 g/mol. The quantitative estimate of drug-likeness (QED) is 0.468. The van der Waals surface area contributed by atoms with Gasteiger partial charge in [-0.3, -0.25) is 4.79 Å². The van der Waals surface area contributed by atoms with Gasteiger partial charge in [0.1, 0.15) is 0 Å². The summed E-state index contributed by atoms with van der Waals surface area (Å²) >= 11 is 1.15. The number of alkyl halides is 6. The molecule has 0 spiro atoms. The van der Waals surface area contributed by atoms with E-state index >= 15 is 0 Å². The Kier molecular flexibility index (Phi) is 3.64. The lowest BCUT2D eigenvalue weighted by Gasteiger charge is -2.12. The van der Waals surface area contributed by atoms with Crippen LogP contribution in [0.15, 0.2) is 10.9 Å². The van der Waals surface area contributed by atoms with Crippen molar-refractivity contribution >= 4 is 22.6 Å². The smallest absolute Gasteiger partial charge is 0.400 e. The van der Waals surface area contributed by atoms with Gasteiger partial charge < -0.3 is 9.72 Å². The molecule has 0 bridgehead atoms. The highest BCUT2D eigenvalue weighted by Crippen LogP contribution is 2.33. The number of nitrogens with one attached hydrogen (secondary N) is 1. The predicted octanol–water partition coefficient (Wildman–Crippen LogP) is 2.90. The van der Waals surface area contributed by atoms with Gasteiger partial charge in [0.15, 0.2) is 5.75 Å². The molecule has 96 valence electrons. The van der Waals surface area contributed by atoms with Crippen LogP contribution in [0.3, 0.4) is 0 Å². The molecule has 0 unspecified atom stereocenters. The largest absolute Gasteiger partial charge is 0.573 e. The monoisotopic (exact) mass is 373 g/mol. The molecule has 0 radical (unpaired) electrons. The van der Waals surface area contributed by atoms with Crippen LogP contribution in [0.25, 0.3) is 0 Å². The molecule has 1 heterocycles. The summed E-state index contributed by atoms with van der Waals surface area (Å²) in [5.74, 6) is -1.45. The Morgan fingerprint density at radius 1 is 1.18 bits per heavy atom. The van der Waals surface area contributed by atoms with Gasteiger partial charge in [-0.2, -0.15) is 13.2 Å². The normalized spacial score (nSPS) is 12.6. The fraction of sp³-hybridized carbons (Fsp3) is 0.286. The summed E-state index contributed by atoms with van der Waals surface area (Å²) in [5, 5.41) is 0. The van der Waals surface area contributed by atoms with Gasteiger partial charge in [0.05, 0.1) is 9.26 Å². The molecule has 0 saturated carbocycles. The summed E-state index contributed by atoms with van der Waals surface area (Å²) in [6, 6.07) is 0.00803. The highest BCUT2D eigenvalue weighted by Gasteiger charge is 2.37. The summed E-state index contributed by atoms with van der Waals surface area (Å²) in [7, 11) is 0. The van der Waals surface area contributed by atoms with Gasteiger partial charge in [-0.05, 0) is 22.6 Å². The summed E-state index contributed by atoms with van der Waals surface area (Å²) in [6.45, 7) is 0.